The molecule has 1 aliphatic heterocycles. The van der Waals surface area contributed by atoms with Gasteiger partial charge in [-0.2, -0.15) is 4.31 Å². The molecule has 0 aromatic heterocycles. The van der Waals surface area contributed by atoms with Crippen LogP contribution >= 0.6 is 0 Å². The van der Waals surface area contributed by atoms with Crippen molar-refractivity contribution in [3.8, 4) is 11.5 Å². The van der Waals surface area contributed by atoms with Crippen molar-refractivity contribution in [2.75, 3.05) is 18.4 Å². The Morgan fingerprint density at radius 1 is 0.879 bits per heavy atom. The molecular weight excluding hydrogens is 450 g/mol. The van der Waals surface area contributed by atoms with Crippen LogP contribution < -0.4 is 10.1 Å². The first-order chi connectivity index (χ1) is 15.8. The third kappa shape index (κ3) is 5.37. The average Bonchev–Trinajstić information content (AvgIpc) is 2.82. The van der Waals surface area contributed by atoms with Crippen LogP contribution in [0.5, 0.6) is 11.5 Å². The molecule has 0 bridgehead atoms. The number of sulfonamides is 1. The van der Waals surface area contributed by atoms with Crippen molar-refractivity contribution in [1.29, 1.82) is 0 Å². The summed E-state index contributed by atoms with van der Waals surface area (Å²) in [4.78, 5) is 12.4. The summed E-state index contributed by atoms with van der Waals surface area (Å²) in [5.41, 5.74) is 0.574. The molecule has 1 fully saturated rings. The van der Waals surface area contributed by atoms with Crippen molar-refractivity contribution in [3.05, 3.63) is 84.4 Å². The molecule has 0 spiro atoms. The molecular formula is C24H22F2N2O4S. The summed E-state index contributed by atoms with van der Waals surface area (Å²) < 4.78 is 59.1. The first kappa shape index (κ1) is 22.9. The summed E-state index contributed by atoms with van der Waals surface area (Å²) in [5.74, 6) is -1.66. The summed E-state index contributed by atoms with van der Waals surface area (Å²) in [5, 5.41) is 2.86. The topological polar surface area (TPSA) is 75.7 Å². The maximum absolute atomic E-state index is 13.5. The highest BCUT2D eigenvalue weighted by Gasteiger charge is 2.32. The molecule has 0 saturated carbocycles. The molecule has 0 aliphatic carbocycles. The normalized spacial score (nSPS) is 15.2. The van der Waals surface area contributed by atoms with Crippen LogP contribution in [0.15, 0.2) is 77.7 Å². The van der Waals surface area contributed by atoms with Gasteiger partial charge in [0.15, 0.2) is 11.6 Å². The van der Waals surface area contributed by atoms with Crippen LogP contribution in [0.2, 0.25) is 0 Å². The molecule has 1 saturated heterocycles. The Labute approximate surface area is 190 Å². The number of piperidine rings is 1. The highest BCUT2D eigenvalue weighted by molar-refractivity contribution is 7.89. The van der Waals surface area contributed by atoms with Gasteiger partial charge in [-0.05, 0) is 55.3 Å². The van der Waals surface area contributed by atoms with Crippen LogP contribution in [0.3, 0.4) is 0 Å². The molecule has 0 unspecified atom stereocenters. The highest BCUT2D eigenvalue weighted by Crippen LogP contribution is 2.27. The Morgan fingerprint density at radius 3 is 2.27 bits per heavy atom. The third-order valence-corrected chi connectivity index (χ3v) is 7.33. The van der Waals surface area contributed by atoms with Gasteiger partial charge in [-0.15, -0.1) is 0 Å². The van der Waals surface area contributed by atoms with E-state index in [1.54, 1.807) is 24.3 Å². The molecule has 1 amide bonds. The van der Waals surface area contributed by atoms with Crippen LogP contribution in [-0.2, 0) is 14.8 Å². The van der Waals surface area contributed by atoms with E-state index in [-0.39, 0.29) is 29.8 Å². The lowest BCUT2D eigenvalue weighted by atomic mass is 9.97. The van der Waals surface area contributed by atoms with Crippen LogP contribution in [0.4, 0.5) is 14.5 Å². The number of carbonyl (C=O) groups excluding carboxylic acids is 1. The van der Waals surface area contributed by atoms with Gasteiger partial charge in [-0.1, -0.05) is 24.3 Å². The molecule has 33 heavy (non-hydrogen) atoms. The third-order valence-electron chi connectivity index (χ3n) is 5.43. The van der Waals surface area contributed by atoms with Gasteiger partial charge in [0, 0.05) is 30.8 Å². The lowest BCUT2D eigenvalue weighted by Gasteiger charge is -2.30. The average molecular weight is 473 g/mol. The van der Waals surface area contributed by atoms with Crippen molar-refractivity contribution < 1.29 is 26.7 Å². The van der Waals surface area contributed by atoms with Gasteiger partial charge < -0.3 is 10.1 Å². The minimum absolute atomic E-state index is 0.108. The van der Waals surface area contributed by atoms with E-state index in [0.717, 1.165) is 12.1 Å². The number of hydrogen-bond donors (Lipinski definition) is 1. The van der Waals surface area contributed by atoms with E-state index >= 15 is 0 Å². The van der Waals surface area contributed by atoms with Crippen molar-refractivity contribution >= 4 is 21.6 Å². The summed E-state index contributed by atoms with van der Waals surface area (Å²) in [6.45, 7) is 0.215. The lowest BCUT2D eigenvalue weighted by molar-refractivity contribution is -0.120. The molecule has 1 heterocycles. The van der Waals surface area contributed by atoms with E-state index in [2.05, 4.69) is 5.32 Å². The Morgan fingerprint density at radius 2 is 1.58 bits per heavy atom. The fourth-order valence-electron chi connectivity index (χ4n) is 3.65. The minimum Gasteiger partial charge on any atom is -0.457 e. The summed E-state index contributed by atoms with van der Waals surface area (Å²) >= 11 is 0. The Balaban J connectivity index is 1.36. The van der Waals surface area contributed by atoms with E-state index in [9.17, 15) is 22.0 Å². The quantitative estimate of drug-likeness (QED) is 0.559. The number of amides is 1. The van der Waals surface area contributed by atoms with Gasteiger partial charge in [0.25, 0.3) is 0 Å². The molecule has 1 N–H and O–H groups in total. The first-order valence-electron chi connectivity index (χ1n) is 10.4. The predicted molar refractivity (Wildman–Crippen MR) is 119 cm³/mol. The number of ether oxygens (including phenoxy) is 1. The fraction of sp³-hybridized carbons (Fsp3) is 0.208. The Kier molecular flexibility index (Phi) is 6.71. The van der Waals surface area contributed by atoms with Gasteiger partial charge >= 0.3 is 0 Å². The number of carbonyl (C=O) groups is 1. The molecule has 3 aromatic carbocycles. The highest BCUT2D eigenvalue weighted by atomic mass is 32.2. The fourth-order valence-corrected chi connectivity index (χ4v) is 5.13. The van der Waals surface area contributed by atoms with Gasteiger partial charge in [0.05, 0.1) is 4.90 Å². The molecule has 3 aromatic rings. The van der Waals surface area contributed by atoms with Gasteiger partial charge in [-0.3, -0.25) is 4.79 Å². The second kappa shape index (κ2) is 9.68. The van der Waals surface area contributed by atoms with Crippen molar-refractivity contribution in [1.82, 2.24) is 4.31 Å². The van der Waals surface area contributed by atoms with Crippen molar-refractivity contribution in [2.24, 2.45) is 5.92 Å². The molecule has 1 aliphatic rings. The zero-order valence-electron chi connectivity index (χ0n) is 17.6. The molecule has 6 nitrogen and oxygen atoms in total. The Hall–Kier alpha value is -3.30. The SMILES string of the molecule is O=C(Nc1cccc(Oc2ccccc2)c1)C1CCN(S(=O)(=O)c2ccc(F)c(F)c2)CC1. The lowest BCUT2D eigenvalue weighted by Crippen LogP contribution is -2.41. The second-order valence-electron chi connectivity index (χ2n) is 7.69. The number of para-hydroxylation sites is 1. The number of anilines is 1. The maximum atomic E-state index is 13.5. The summed E-state index contributed by atoms with van der Waals surface area (Å²) in [6, 6.07) is 18.8. The molecule has 172 valence electrons. The molecule has 4 rings (SSSR count). The smallest absolute Gasteiger partial charge is 0.243 e. The summed E-state index contributed by atoms with van der Waals surface area (Å²) in [6.07, 6.45) is 0.629. The van der Waals surface area contributed by atoms with E-state index in [0.29, 0.717) is 36.1 Å². The van der Waals surface area contributed by atoms with Crippen LogP contribution in [-0.4, -0.2) is 31.7 Å². The molecule has 0 radical (unpaired) electrons. The van der Waals surface area contributed by atoms with Crippen molar-refractivity contribution in [2.45, 2.75) is 17.7 Å². The molecule has 0 atom stereocenters. The molecule has 9 heteroatoms. The zero-order valence-corrected chi connectivity index (χ0v) is 18.4. The van der Waals surface area contributed by atoms with Gasteiger partial charge in [0.1, 0.15) is 11.5 Å². The van der Waals surface area contributed by atoms with Crippen LogP contribution in [0.1, 0.15) is 12.8 Å². The van der Waals surface area contributed by atoms with Gasteiger partial charge in [0.2, 0.25) is 15.9 Å². The largest absolute Gasteiger partial charge is 0.457 e. The summed E-state index contributed by atoms with van der Waals surface area (Å²) in [7, 11) is -3.97. The maximum Gasteiger partial charge on any atom is 0.243 e. The number of nitrogens with zero attached hydrogens (tertiary/aromatic N) is 1. The number of nitrogens with one attached hydrogen (secondary N) is 1. The van der Waals surface area contributed by atoms with Gasteiger partial charge in [-0.25, -0.2) is 17.2 Å². The van der Waals surface area contributed by atoms with Crippen LogP contribution in [0, 0.1) is 17.6 Å². The van der Waals surface area contributed by atoms with Crippen molar-refractivity contribution in [3.63, 3.8) is 0 Å². The first-order valence-corrected chi connectivity index (χ1v) is 11.9. The minimum atomic E-state index is -3.97. The zero-order chi connectivity index (χ0) is 23.4. The standard InChI is InChI=1S/C24H22F2N2O4S/c25-22-10-9-21(16-23(22)26)33(30,31)28-13-11-17(12-14-28)24(29)27-18-5-4-8-20(15-18)32-19-6-2-1-3-7-19/h1-10,15-17H,11-14H2,(H,27,29). The predicted octanol–water partition coefficient (Wildman–Crippen LogP) is 4.80. The number of hydrogen-bond acceptors (Lipinski definition) is 4. The Bertz CT molecular complexity index is 1240. The number of benzene rings is 3. The second-order valence-corrected chi connectivity index (χ2v) is 9.62. The number of rotatable bonds is 6. The van der Waals surface area contributed by atoms with E-state index < -0.39 is 21.7 Å². The monoisotopic (exact) mass is 472 g/mol. The van der Waals surface area contributed by atoms with E-state index in [1.165, 1.54) is 4.31 Å². The number of halogens is 2. The van der Waals surface area contributed by atoms with E-state index in [4.69, 9.17) is 4.74 Å². The van der Waals surface area contributed by atoms with E-state index in [1.807, 2.05) is 30.3 Å². The van der Waals surface area contributed by atoms with Crippen LogP contribution in [0.25, 0.3) is 0 Å².